The zero-order valence-electron chi connectivity index (χ0n) is 16.6. The van der Waals surface area contributed by atoms with Crippen molar-refractivity contribution in [2.45, 2.75) is 109 Å². The molecule has 3 heteroatoms. The largest absolute Gasteiger partial charge is 0.480 e. The maximum absolute atomic E-state index is 11.1. The Morgan fingerprint density at radius 2 is 1.36 bits per heavy atom. The van der Waals surface area contributed by atoms with E-state index in [9.17, 15) is 4.79 Å². The Labute approximate surface area is 155 Å². The van der Waals surface area contributed by atoms with Crippen molar-refractivity contribution in [3.8, 4) is 0 Å². The molecule has 0 radical (unpaired) electrons. The van der Waals surface area contributed by atoms with E-state index in [1.807, 2.05) is 6.92 Å². The van der Waals surface area contributed by atoms with Crippen LogP contribution in [0.4, 0.5) is 0 Å². The first kappa shape index (κ1) is 23.9. The van der Waals surface area contributed by atoms with Crippen molar-refractivity contribution in [1.29, 1.82) is 0 Å². The lowest BCUT2D eigenvalue weighted by molar-refractivity contribution is -0.143. The maximum atomic E-state index is 11.1. The van der Waals surface area contributed by atoms with Crippen molar-refractivity contribution in [3.05, 3.63) is 24.3 Å². The minimum absolute atomic E-state index is 0.503. The molecular weight excluding hydrogens is 310 g/mol. The summed E-state index contributed by atoms with van der Waals surface area (Å²) in [7, 11) is 0. The molecule has 0 bridgehead atoms. The first-order valence-electron chi connectivity index (χ1n) is 10.4. The highest BCUT2D eigenvalue weighted by Crippen LogP contribution is 2.18. The van der Waals surface area contributed by atoms with Gasteiger partial charge in [-0.3, -0.25) is 4.79 Å². The summed E-state index contributed by atoms with van der Waals surface area (Å²) in [5, 5.41) is 9.12. The van der Waals surface area contributed by atoms with Crippen molar-refractivity contribution < 1.29 is 9.90 Å². The normalized spacial score (nSPS) is 14.4. The van der Waals surface area contributed by atoms with E-state index in [1.54, 1.807) is 0 Å². The summed E-state index contributed by atoms with van der Waals surface area (Å²) in [6.45, 7) is 4.09. The lowest BCUT2D eigenvalue weighted by atomic mass is 9.90. The second kappa shape index (κ2) is 16.4. The number of aliphatic carboxylic acids is 1. The number of nitrogens with two attached hydrogens (primary N) is 1. The number of carboxylic acid groups (broad SMARTS) is 1. The molecule has 3 nitrogen and oxygen atoms in total. The number of hydrogen-bond acceptors (Lipinski definition) is 2. The fourth-order valence-corrected chi connectivity index (χ4v) is 2.86. The molecule has 1 unspecified atom stereocenters. The third-order valence-corrected chi connectivity index (χ3v) is 4.88. The van der Waals surface area contributed by atoms with Crippen LogP contribution >= 0.6 is 0 Å². The van der Waals surface area contributed by atoms with Gasteiger partial charge in [-0.1, -0.05) is 83.1 Å². The lowest BCUT2D eigenvalue weighted by Crippen LogP contribution is -2.47. The lowest BCUT2D eigenvalue weighted by Gasteiger charge is -2.22. The van der Waals surface area contributed by atoms with Gasteiger partial charge in [-0.15, -0.1) is 0 Å². The second-order valence-electron chi connectivity index (χ2n) is 7.15. The summed E-state index contributed by atoms with van der Waals surface area (Å²) in [6, 6.07) is 0. The molecule has 0 saturated carbocycles. The van der Waals surface area contributed by atoms with E-state index >= 15 is 0 Å². The minimum atomic E-state index is -1.02. The van der Waals surface area contributed by atoms with Crippen molar-refractivity contribution in [3.63, 3.8) is 0 Å². The monoisotopic (exact) mass is 351 g/mol. The van der Waals surface area contributed by atoms with Gasteiger partial charge in [0.2, 0.25) is 0 Å². The summed E-state index contributed by atoms with van der Waals surface area (Å²) in [4.78, 5) is 11.1. The average Bonchev–Trinajstić information content (AvgIpc) is 2.61. The van der Waals surface area contributed by atoms with Crippen molar-refractivity contribution >= 4 is 5.97 Å². The van der Waals surface area contributed by atoms with Crippen LogP contribution < -0.4 is 5.73 Å². The first-order valence-corrected chi connectivity index (χ1v) is 10.4. The molecule has 0 aliphatic heterocycles. The summed E-state index contributed by atoms with van der Waals surface area (Å²) in [5.41, 5.74) is 4.87. The smallest absolute Gasteiger partial charge is 0.323 e. The molecule has 0 spiro atoms. The Morgan fingerprint density at radius 3 is 1.88 bits per heavy atom. The average molecular weight is 352 g/mol. The van der Waals surface area contributed by atoms with Crippen LogP contribution in [0.15, 0.2) is 24.3 Å². The summed E-state index contributed by atoms with van der Waals surface area (Å²) in [6.07, 6.45) is 24.6. The molecule has 0 aliphatic carbocycles. The van der Waals surface area contributed by atoms with Gasteiger partial charge in [0.25, 0.3) is 0 Å². The highest BCUT2D eigenvalue weighted by Gasteiger charge is 2.30. The summed E-state index contributed by atoms with van der Waals surface area (Å²) < 4.78 is 0. The van der Waals surface area contributed by atoms with Gasteiger partial charge < -0.3 is 10.8 Å². The molecule has 0 fully saturated rings. The van der Waals surface area contributed by atoms with Crippen LogP contribution in [-0.2, 0) is 4.79 Å². The molecule has 0 heterocycles. The van der Waals surface area contributed by atoms with Crippen LogP contribution in [0.2, 0.25) is 0 Å². The van der Waals surface area contributed by atoms with Crippen LogP contribution in [0.5, 0.6) is 0 Å². The van der Waals surface area contributed by atoms with Crippen LogP contribution in [0.25, 0.3) is 0 Å². The number of unbranched alkanes of at least 4 members (excludes halogenated alkanes) is 9. The standard InChI is InChI=1S/C22H41NO2/c1-3-5-6-7-8-9-10-11-12-13-14-15-16-17-18-19-20-22(23,4-2)21(24)25/h8-9,11-12H,3-7,10,13-20,23H2,1-2H3,(H,24,25)/b9-8-,12-11-. The number of rotatable bonds is 17. The third kappa shape index (κ3) is 13.8. The molecule has 0 aromatic rings. The predicted octanol–water partition coefficient (Wildman–Crippen LogP) is 6.38. The van der Waals surface area contributed by atoms with Gasteiger partial charge >= 0.3 is 5.97 Å². The Morgan fingerprint density at radius 1 is 0.840 bits per heavy atom. The Hall–Kier alpha value is -1.09. The molecule has 0 aromatic carbocycles. The SMILES string of the molecule is CCCCC/C=C\C/C=C\CCCCCCCCC(N)(CC)C(=O)O. The number of allylic oxidation sites excluding steroid dienone is 4. The van der Waals surface area contributed by atoms with Gasteiger partial charge in [0.1, 0.15) is 5.54 Å². The van der Waals surface area contributed by atoms with Crippen LogP contribution in [0.1, 0.15) is 104 Å². The number of carbonyl (C=O) groups is 1. The highest BCUT2D eigenvalue weighted by molar-refractivity contribution is 5.78. The van der Waals surface area contributed by atoms with Crippen LogP contribution in [0.3, 0.4) is 0 Å². The molecule has 1 atom stereocenters. The highest BCUT2D eigenvalue weighted by atomic mass is 16.4. The molecule has 0 rings (SSSR count). The minimum Gasteiger partial charge on any atom is -0.480 e. The molecule has 25 heavy (non-hydrogen) atoms. The van der Waals surface area contributed by atoms with Gasteiger partial charge in [0, 0.05) is 0 Å². The topological polar surface area (TPSA) is 63.3 Å². The fraction of sp³-hybridized carbons (Fsp3) is 0.773. The molecule has 0 aliphatic rings. The summed E-state index contributed by atoms with van der Waals surface area (Å²) >= 11 is 0. The number of hydrogen-bond donors (Lipinski definition) is 2. The van der Waals surface area contributed by atoms with Gasteiger partial charge in [-0.25, -0.2) is 0 Å². The second-order valence-corrected chi connectivity index (χ2v) is 7.15. The number of carboxylic acids is 1. The molecule has 0 amide bonds. The quantitative estimate of drug-likeness (QED) is 0.236. The molecular formula is C22H41NO2. The Kier molecular flexibility index (Phi) is 15.7. The molecule has 146 valence electrons. The zero-order valence-corrected chi connectivity index (χ0v) is 16.6. The van der Waals surface area contributed by atoms with E-state index in [4.69, 9.17) is 10.8 Å². The van der Waals surface area contributed by atoms with Crippen LogP contribution in [-0.4, -0.2) is 16.6 Å². The molecule has 3 N–H and O–H groups in total. The predicted molar refractivity (Wildman–Crippen MR) is 109 cm³/mol. The van der Waals surface area contributed by atoms with Crippen LogP contribution in [0, 0.1) is 0 Å². The Balaban J connectivity index is 3.41. The molecule has 0 saturated heterocycles. The fourth-order valence-electron chi connectivity index (χ4n) is 2.86. The Bertz CT molecular complexity index is 376. The van der Waals surface area contributed by atoms with E-state index < -0.39 is 11.5 Å². The third-order valence-electron chi connectivity index (χ3n) is 4.88. The van der Waals surface area contributed by atoms with E-state index in [1.165, 1.54) is 57.8 Å². The van der Waals surface area contributed by atoms with E-state index in [2.05, 4.69) is 31.2 Å². The van der Waals surface area contributed by atoms with E-state index in [0.29, 0.717) is 12.8 Å². The van der Waals surface area contributed by atoms with E-state index in [0.717, 1.165) is 19.3 Å². The van der Waals surface area contributed by atoms with Gasteiger partial charge in [-0.2, -0.15) is 0 Å². The van der Waals surface area contributed by atoms with Gasteiger partial charge in [-0.05, 0) is 44.9 Å². The molecule has 0 aromatic heterocycles. The summed E-state index contributed by atoms with van der Waals surface area (Å²) in [5.74, 6) is -0.863. The van der Waals surface area contributed by atoms with E-state index in [-0.39, 0.29) is 0 Å². The van der Waals surface area contributed by atoms with Crippen molar-refractivity contribution in [2.24, 2.45) is 5.73 Å². The first-order chi connectivity index (χ1) is 12.1. The van der Waals surface area contributed by atoms with Crippen molar-refractivity contribution in [2.75, 3.05) is 0 Å². The van der Waals surface area contributed by atoms with Gasteiger partial charge in [0.05, 0.1) is 0 Å². The van der Waals surface area contributed by atoms with Gasteiger partial charge in [0.15, 0.2) is 0 Å². The zero-order chi connectivity index (χ0) is 18.8. The maximum Gasteiger partial charge on any atom is 0.323 e. The van der Waals surface area contributed by atoms with Crippen molar-refractivity contribution in [1.82, 2.24) is 0 Å².